The molecular weight excluding hydrogens is 278 g/mol. The molecule has 0 aromatic heterocycles. The zero-order valence-corrected chi connectivity index (χ0v) is 11.8. The van der Waals surface area contributed by atoms with Crippen molar-refractivity contribution in [2.24, 2.45) is 5.18 Å². The third-order valence-corrected chi connectivity index (χ3v) is 3.06. The molecular formula is C15H14ClNO3. The molecule has 4 nitrogen and oxygen atoms in total. The molecule has 0 radical (unpaired) electrons. The maximum atomic E-state index is 10.5. The van der Waals surface area contributed by atoms with Crippen LogP contribution in [0.3, 0.4) is 0 Å². The molecule has 0 spiro atoms. The van der Waals surface area contributed by atoms with E-state index in [2.05, 4.69) is 5.18 Å². The lowest BCUT2D eigenvalue weighted by Crippen LogP contribution is -1.98. The monoisotopic (exact) mass is 291 g/mol. The number of nitrogens with zero attached hydrogens (tertiary/aromatic N) is 1. The SMILES string of the molecule is COc1c(Cl)cc(OCc2ccccc2)cc1CN=O. The number of hydrogen-bond acceptors (Lipinski definition) is 4. The van der Waals surface area contributed by atoms with Crippen LogP contribution in [0.25, 0.3) is 0 Å². The maximum absolute atomic E-state index is 10.5. The number of rotatable bonds is 6. The predicted octanol–water partition coefficient (Wildman–Crippen LogP) is 4.19. The third-order valence-electron chi connectivity index (χ3n) is 2.78. The van der Waals surface area contributed by atoms with Crippen molar-refractivity contribution in [1.29, 1.82) is 0 Å². The molecule has 0 aliphatic carbocycles. The van der Waals surface area contributed by atoms with E-state index < -0.39 is 0 Å². The quantitative estimate of drug-likeness (QED) is 0.750. The lowest BCUT2D eigenvalue weighted by atomic mass is 10.2. The molecule has 2 aromatic carbocycles. The minimum atomic E-state index is -0.00850. The largest absolute Gasteiger partial charge is 0.495 e. The van der Waals surface area contributed by atoms with Gasteiger partial charge < -0.3 is 9.47 Å². The van der Waals surface area contributed by atoms with E-state index in [1.165, 1.54) is 7.11 Å². The van der Waals surface area contributed by atoms with Crippen molar-refractivity contribution in [2.75, 3.05) is 7.11 Å². The topological polar surface area (TPSA) is 47.9 Å². The molecule has 104 valence electrons. The van der Waals surface area contributed by atoms with Gasteiger partial charge in [-0.25, -0.2) is 0 Å². The molecule has 5 heteroatoms. The summed E-state index contributed by atoms with van der Waals surface area (Å²) in [4.78, 5) is 10.5. The van der Waals surface area contributed by atoms with Gasteiger partial charge in [-0.05, 0) is 11.6 Å². The van der Waals surface area contributed by atoms with Gasteiger partial charge in [-0.3, -0.25) is 0 Å². The lowest BCUT2D eigenvalue weighted by molar-refractivity contribution is 0.305. The van der Waals surface area contributed by atoms with Crippen molar-refractivity contribution in [2.45, 2.75) is 13.2 Å². The van der Waals surface area contributed by atoms with Crippen LogP contribution >= 0.6 is 11.6 Å². The molecule has 0 amide bonds. The summed E-state index contributed by atoms with van der Waals surface area (Å²) in [5.74, 6) is 1.04. The Labute approximate surface area is 122 Å². The molecule has 0 saturated carbocycles. The lowest BCUT2D eigenvalue weighted by Gasteiger charge is -2.12. The van der Waals surface area contributed by atoms with Crippen LogP contribution in [0.2, 0.25) is 5.02 Å². The molecule has 0 bridgehead atoms. The van der Waals surface area contributed by atoms with Crippen molar-refractivity contribution in [1.82, 2.24) is 0 Å². The Kier molecular flexibility index (Phi) is 4.96. The van der Waals surface area contributed by atoms with Gasteiger partial charge in [-0.1, -0.05) is 47.1 Å². The van der Waals surface area contributed by atoms with E-state index in [4.69, 9.17) is 21.1 Å². The summed E-state index contributed by atoms with van der Waals surface area (Å²) in [7, 11) is 1.50. The van der Waals surface area contributed by atoms with E-state index in [-0.39, 0.29) is 6.54 Å². The van der Waals surface area contributed by atoms with E-state index in [9.17, 15) is 4.91 Å². The number of ether oxygens (including phenoxy) is 2. The Balaban J connectivity index is 2.18. The van der Waals surface area contributed by atoms with E-state index in [0.29, 0.717) is 28.7 Å². The number of benzene rings is 2. The molecule has 0 saturated heterocycles. The fraction of sp³-hybridized carbons (Fsp3) is 0.200. The summed E-state index contributed by atoms with van der Waals surface area (Å²) >= 11 is 6.10. The van der Waals surface area contributed by atoms with Gasteiger partial charge in [0.2, 0.25) is 0 Å². The molecule has 0 heterocycles. The molecule has 0 unspecified atom stereocenters. The normalized spacial score (nSPS) is 10.1. The minimum absolute atomic E-state index is 0.00850. The Morgan fingerprint density at radius 3 is 2.60 bits per heavy atom. The van der Waals surface area contributed by atoms with E-state index >= 15 is 0 Å². The van der Waals surface area contributed by atoms with Gasteiger partial charge >= 0.3 is 0 Å². The number of nitroso groups, excluding NO2 is 1. The second-order valence-corrected chi connectivity index (χ2v) is 4.57. The predicted molar refractivity (Wildman–Crippen MR) is 78.3 cm³/mol. The van der Waals surface area contributed by atoms with Crippen LogP contribution in [0.1, 0.15) is 11.1 Å². The second-order valence-electron chi connectivity index (χ2n) is 4.16. The molecule has 0 atom stereocenters. The highest BCUT2D eigenvalue weighted by atomic mass is 35.5. The van der Waals surface area contributed by atoms with Gasteiger partial charge in [-0.15, -0.1) is 0 Å². The smallest absolute Gasteiger partial charge is 0.142 e. The zero-order chi connectivity index (χ0) is 14.4. The standard InChI is InChI=1S/C15H14ClNO3/c1-19-15-12(9-17-18)7-13(8-14(15)16)20-10-11-5-3-2-4-6-11/h2-8H,9-10H2,1H3. The number of halogens is 1. The minimum Gasteiger partial charge on any atom is -0.495 e. The van der Waals surface area contributed by atoms with Crippen LogP contribution in [0.5, 0.6) is 11.5 Å². The number of hydrogen-bond donors (Lipinski definition) is 0. The van der Waals surface area contributed by atoms with Gasteiger partial charge in [0, 0.05) is 11.6 Å². The summed E-state index contributed by atoms with van der Waals surface area (Å²) in [5.41, 5.74) is 1.66. The fourth-order valence-corrected chi connectivity index (χ4v) is 2.17. The molecule has 2 aromatic rings. The first-order valence-electron chi connectivity index (χ1n) is 6.07. The Bertz CT molecular complexity index is 587. The van der Waals surface area contributed by atoms with Gasteiger partial charge in [-0.2, -0.15) is 4.91 Å². The van der Waals surface area contributed by atoms with E-state index in [1.807, 2.05) is 30.3 Å². The van der Waals surface area contributed by atoms with Crippen LogP contribution in [0, 0.1) is 4.91 Å². The molecule has 20 heavy (non-hydrogen) atoms. The first-order chi connectivity index (χ1) is 9.74. The summed E-state index contributed by atoms with van der Waals surface area (Å²) in [6.07, 6.45) is 0. The van der Waals surface area contributed by atoms with Gasteiger partial charge in [0.05, 0.1) is 12.1 Å². The van der Waals surface area contributed by atoms with E-state index in [1.54, 1.807) is 12.1 Å². The summed E-state index contributed by atoms with van der Waals surface area (Å²) in [6.45, 7) is 0.420. The Morgan fingerprint density at radius 1 is 1.20 bits per heavy atom. The van der Waals surface area contributed by atoms with Gasteiger partial charge in [0.15, 0.2) is 0 Å². The maximum Gasteiger partial charge on any atom is 0.142 e. The summed E-state index contributed by atoms with van der Waals surface area (Å²) in [6, 6.07) is 13.2. The highest BCUT2D eigenvalue weighted by Crippen LogP contribution is 2.34. The van der Waals surface area contributed by atoms with Gasteiger partial charge in [0.25, 0.3) is 0 Å². The molecule has 2 rings (SSSR count). The first-order valence-corrected chi connectivity index (χ1v) is 6.44. The van der Waals surface area contributed by atoms with Crippen molar-refractivity contribution >= 4 is 11.6 Å². The highest BCUT2D eigenvalue weighted by Gasteiger charge is 2.11. The Hall–Kier alpha value is -2.07. The number of methoxy groups -OCH3 is 1. The molecule has 0 aliphatic rings. The van der Waals surface area contributed by atoms with E-state index in [0.717, 1.165) is 5.56 Å². The van der Waals surface area contributed by atoms with Gasteiger partial charge in [0.1, 0.15) is 24.7 Å². The molecule has 0 fully saturated rings. The average Bonchev–Trinajstić information content (AvgIpc) is 2.46. The van der Waals surface area contributed by atoms with Crippen molar-refractivity contribution in [3.63, 3.8) is 0 Å². The molecule has 0 N–H and O–H groups in total. The van der Waals surface area contributed by atoms with Crippen LogP contribution in [-0.4, -0.2) is 7.11 Å². The first kappa shape index (κ1) is 14.3. The summed E-state index contributed by atoms with van der Waals surface area (Å²) in [5, 5.41) is 3.27. The second kappa shape index (κ2) is 6.91. The average molecular weight is 292 g/mol. The van der Waals surface area contributed by atoms with Crippen molar-refractivity contribution in [3.8, 4) is 11.5 Å². The van der Waals surface area contributed by atoms with Crippen LogP contribution in [0.4, 0.5) is 0 Å². The Morgan fingerprint density at radius 2 is 1.95 bits per heavy atom. The fourth-order valence-electron chi connectivity index (χ4n) is 1.86. The zero-order valence-electron chi connectivity index (χ0n) is 11.0. The molecule has 0 aliphatic heterocycles. The van der Waals surface area contributed by atoms with Crippen LogP contribution < -0.4 is 9.47 Å². The third kappa shape index (κ3) is 3.48. The van der Waals surface area contributed by atoms with Crippen molar-refractivity contribution < 1.29 is 9.47 Å². The highest BCUT2D eigenvalue weighted by molar-refractivity contribution is 6.32. The van der Waals surface area contributed by atoms with Crippen LogP contribution in [-0.2, 0) is 13.2 Å². The van der Waals surface area contributed by atoms with Crippen molar-refractivity contribution in [3.05, 3.63) is 63.5 Å². The summed E-state index contributed by atoms with van der Waals surface area (Å²) < 4.78 is 10.8. The van der Waals surface area contributed by atoms with Crippen LogP contribution in [0.15, 0.2) is 47.6 Å².